The molecule has 0 radical (unpaired) electrons. The van der Waals surface area contributed by atoms with Gasteiger partial charge in [-0.05, 0) is 57.8 Å². The molecule has 0 fully saturated rings. The summed E-state index contributed by atoms with van der Waals surface area (Å²) >= 11 is 0. The topological polar surface area (TPSA) is 69.6 Å². The molecule has 0 aliphatic heterocycles. The van der Waals surface area contributed by atoms with Crippen LogP contribution in [-0.4, -0.2) is 34.9 Å². The lowest BCUT2D eigenvalue weighted by atomic mass is 10.0. The van der Waals surface area contributed by atoms with Crippen molar-refractivity contribution in [1.82, 2.24) is 5.32 Å². The van der Waals surface area contributed by atoms with E-state index in [0.29, 0.717) is 6.42 Å². The molecule has 1 amide bonds. The molecule has 0 spiro atoms. The maximum absolute atomic E-state index is 12.4. The molecule has 0 bridgehead atoms. The third-order valence-corrected chi connectivity index (χ3v) is 10.1. The fourth-order valence-electron chi connectivity index (χ4n) is 6.60. The predicted octanol–water partition coefficient (Wildman–Crippen LogP) is 14.0. The Hall–Kier alpha value is -1.65. The summed E-state index contributed by atoms with van der Waals surface area (Å²) in [4.78, 5) is 12.4. The van der Waals surface area contributed by atoms with Crippen molar-refractivity contribution in [2.24, 2.45) is 0 Å². The van der Waals surface area contributed by atoms with E-state index in [4.69, 9.17) is 0 Å². The number of nitrogens with one attached hydrogen (secondary N) is 1. The Kier molecular flexibility index (Phi) is 41.4. The van der Waals surface area contributed by atoms with E-state index < -0.39 is 12.1 Å². The van der Waals surface area contributed by atoms with Gasteiger partial charge in [0.25, 0.3) is 0 Å². The summed E-state index contributed by atoms with van der Waals surface area (Å²) in [5.74, 6) is -0.0678. The maximum atomic E-state index is 12.4. The van der Waals surface area contributed by atoms with E-state index in [2.05, 4.69) is 55.6 Å². The molecule has 3 N–H and O–H groups in total. The molecule has 51 heavy (non-hydrogen) atoms. The minimum Gasteiger partial charge on any atom is -0.394 e. The fourth-order valence-corrected chi connectivity index (χ4v) is 6.60. The Balaban J connectivity index is 3.54. The number of allylic oxidation sites excluding steroid dienone is 7. The maximum Gasteiger partial charge on any atom is 0.220 e. The summed E-state index contributed by atoms with van der Waals surface area (Å²) < 4.78 is 0. The Morgan fingerprint density at radius 1 is 0.471 bits per heavy atom. The highest BCUT2D eigenvalue weighted by molar-refractivity contribution is 5.76. The zero-order valence-corrected chi connectivity index (χ0v) is 34.1. The van der Waals surface area contributed by atoms with Crippen molar-refractivity contribution in [2.45, 2.75) is 238 Å². The first-order valence-corrected chi connectivity index (χ1v) is 22.4. The Morgan fingerprint density at radius 3 is 1.20 bits per heavy atom. The highest BCUT2D eigenvalue weighted by Gasteiger charge is 2.17. The van der Waals surface area contributed by atoms with E-state index >= 15 is 0 Å². The first-order valence-electron chi connectivity index (χ1n) is 22.4. The normalized spacial score (nSPS) is 13.4. The van der Waals surface area contributed by atoms with Crippen LogP contribution in [0.4, 0.5) is 0 Å². The highest BCUT2D eigenvalue weighted by Crippen LogP contribution is 2.14. The lowest BCUT2D eigenvalue weighted by molar-refractivity contribution is -0.123. The second-order valence-corrected chi connectivity index (χ2v) is 15.1. The van der Waals surface area contributed by atoms with Gasteiger partial charge < -0.3 is 15.5 Å². The third-order valence-electron chi connectivity index (χ3n) is 10.1. The van der Waals surface area contributed by atoms with Crippen LogP contribution in [0.2, 0.25) is 0 Å². The number of aliphatic hydroxyl groups excluding tert-OH is 2. The molecule has 298 valence electrons. The quantitative estimate of drug-likeness (QED) is 0.0437. The second-order valence-electron chi connectivity index (χ2n) is 15.1. The fraction of sp³-hybridized carbons (Fsp3) is 0.809. The molecular weight excluding hydrogens is 627 g/mol. The van der Waals surface area contributed by atoms with Gasteiger partial charge in [0.05, 0.1) is 18.8 Å². The smallest absolute Gasteiger partial charge is 0.220 e. The van der Waals surface area contributed by atoms with Gasteiger partial charge in [0, 0.05) is 6.42 Å². The molecule has 0 aromatic rings. The molecule has 2 atom stereocenters. The molecule has 0 rings (SSSR count). The molecule has 0 aromatic carbocycles. The van der Waals surface area contributed by atoms with Crippen molar-refractivity contribution in [3.05, 3.63) is 48.6 Å². The van der Waals surface area contributed by atoms with Gasteiger partial charge in [-0.25, -0.2) is 0 Å². The Morgan fingerprint density at radius 2 is 0.804 bits per heavy atom. The van der Waals surface area contributed by atoms with Crippen LogP contribution in [0.1, 0.15) is 226 Å². The van der Waals surface area contributed by atoms with E-state index in [1.807, 2.05) is 6.08 Å². The number of carbonyl (C=O) groups excluding carboxylic acids is 1. The van der Waals surface area contributed by atoms with E-state index in [-0.39, 0.29) is 12.5 Å². The molecule has 0 heterocycles. The number of amides is 1. The molecule has 0 saturated carbocycles. The lowest BCUT2D eigenvalue weighted by Crippen LogP contribution is -2.45. The second kappa shape index (κ2) is 42.8. The predicted molar refractivity (Wildman–Crippen MR) is 225 cm³/mol. The standard InChI is InChI=1S/C47H87NO3/c1-3-5-7-9-11-13-15-17-18-19-20-21-22-23-24-25-26-27-28-29-30-31-33-35-37-39-41-43-47(51)48-45(44-49)46(50)42-40-38-36-34-32-16-14-12-10-8-6-4-2/h15,17,19-20,22-23,40,42,45-46,49-50H,3-14,16,18,21,24-39,41,43-44H2,1-2H3,(H,48,51)/b17-15-,20-19-,23-22-,42-40+. The van der Waals surface area contributed by atoms with Crippen molar-refractivity contribution in [3.63, 3.8) is 0 Å². The number of aliphatic hydroxyl groups is 2. The van der Waals surface area contributed by atoms with Gasteiger partial charge in [-0.2, -0.15) is 0 Å². The van der Waals surface area contributed by atoms with Gasteiger partial charge in [0.15, 0.2) is 0 Å². The summed E-state index contributed by atoms with van der Waals surface area (Å²) in [6.45, 7) is 4.29. The summed E-state index contributed by atoms with van der Waals surface area (Å²) in [6.07, 6.45) is 57.9. The Bertz CT molecular complexity index is 816. The van der Waals surface area contributed by atoms with Gasteiger partial charge in [-0.15, -0.1) is 0 Å². The molecule has 0 aliphatic carbocycles. The largest absolute Gasteiger partial charge is 0.394 e. The van der Waals surface area contributed by atoms with Gasteiger partial charge in [0.2, 0.25) is 5.91 Å². The van der Waals surface area contributed by atoms with E-state index in [1.165, 1.54) is 167 Å². The highest BCUT2D eigenvalue weighted by atomic mass is 16.3. The number of hydrogen-bond acceptors (Lipinski definition) is 3. The van der Waals surface area contributed by atoms with Gasteiger partial charge >= 0.3 is 0 Å². The monoisotopic (exact) mass is 714 g/mol. The Labute approximate surface area is 318 Å². The van der Waals surface area contributed by atoms with Gasteiger partial charge in [0.1, 0.15) is 0 Å². The minimum atomic E-state index is -0.839. The van der Waals surface area contributed by atoms with E-state index in [1.54, 1.807) is 6.08 Å². The summed E-state index contributed by atoms with van der Waals surface area (Å²) in [5, 5.41) is 23.0. The summed E-state index contributed by atoms with van der Waals surface area (Å²) in [6, 6.07) is -0.622. The molecule has 2 unspecified atom stereocenters. The average molecular weight is 714 g/mol. The van der Waals surface area contributed by atoms with Crippen molar-refractivity contribution in [1.29, 1.82) is 0 Å². The average Bonchev–Trinajstić information content (AvgIpc) is 3.13. The van der Waals surface area contributed by atoms with E-state index in [0.717, 1.165) is 38.5 Å². The van der Waals surface area contributed by atoms with Crippen LogP contribution in [0.25, 0.3) is 0 Å². The van der Waals surface area contributed by atoms with Gasteiger partial charge in [-0.1, -0.05) is 210 Å². The van der Waals surface area contributed by atoms with E-state index in [9.17, 15) is 15.0 Å². The van der Waals surface area contributed by atoms with Crippen molar-refractivity contribution >= 4 is 5.91 Å². The van der Waals surface area contributed by atoms with Crippen LogP contribution < -0.4 is 5.32 Å². The summed E-state index contributed by atoms with van der Waals surface area (Å²) in [5.41, 5.74) is 0. The molecular formula is C47H87NO3. The first-order chi connectivity index (χ1) is 25.2. The molecule has 0 aliphatic rings. The molecule has 0 aromatic heterocycles. The van der Waals surface area contributed by atoms with Crippen LogP contribution in [0.15, 0.2) is 48.6 Å². The van der Waals surface area contributed by atoms with Gasteiger partial charge in [-0.3, -0.25) is 4.79 Å². The van der Waals surface area contributed by atoms with Crippen LogP contribution >= 0.6 is 0 Å². The third kappa shape index (κ3) is 39.4. The number of unbranched alkanes of at least 4 members (excludes halogenated alkanes) is 27. The SMILES string of the molecule is CCCCCCC/C=C\C/C=C\C/C=C\CCCCCCCCCCCCCCC(=O)NC(CO)C(O)/C=C/CCCCCCCCCCCC. The number of carbonyl (C=O) groups is 1. The molecule has 4 nitrogen and oxygen atoms in total. The van der Waals surface area contributed by atoms with Crippen molar-refractivity contribution in [2.75, 3.05) is 6.61 Å². The van der Waals surface area contributed by atoms with Crippen LogP contribution in [0.5, 0.6) is 0 Å². The van der Waals surface area contributed by atoms with Crippen LogP contribution in [-0.2, 0) is 4.79 Å². The molecule has 4 heteroatoms. The summed E-state index contributed by atoms with van der Waals surface area (Å²) in [7, 11) is 0. The zero-order valence-electron chi connectivity index (χ0n) is 34.1. The van der Waals surface area contributed by atoms with Crippen molar-refractivity contribution < 1.29 is 15.0 Å². The zero-order chi connectivity index (χ0) is 37.1. The van der Waals surface area contributed by atoms with Crippen LogP contribution in [0.3, 0.4) is 0 Å². The number of hydrogen-bond donors (Lipinski definition) is 3. The van der Waals surface area contributed by atoms with Crippen molar-refractivity contribution in [3.8, 4) is 0 Å². The minimum absolute atomic E-state index is 0.0678. The van der Waals surface area contributed by atoms with Crippen LogP contribution in [0, 0.1) is 0 Å². The molecule has 0 saturated heterocycles. The lowest BCUT2D eigenvalue weighted by Gasteiger charge is -2.20. The first kappa shape index (κ1) is 49.4. The number of rotatable bonds is 40.